The molecular formula is C12H12Cl2N2O. The number of alkyl halides is 1. The molecule has 2 aromatic rings. The standard InChI is InChI=1S/C12H12Cl2N2O/c13-7-3-6-11-15-16-12(17-11)8-9-4-1-2-5-10(9)14/h1-2,4-5H,3,6-8H2. The van der Waals surface area contributed by atoms with E-state index < -0.39 is 0 Å². The van der Waals surface area contributed by atoms with Crippen LogP contribution in [0.25, 0.3) is 0 Å². The van der Waals surface area contributed by atoms with E-state index in [2.05, 4.69) is 10.2 Å². The fourth-order valence-electron chi connectivity index (χ4n) is 1.48. The van der Waals surface area contributed by atoms with Crippen LogP contribution in [0.2, 0.25) is 5.02 Å². The fraction of sp³-hybridized carbons (Fsp3) is 0.333. The molecule has 0 atom stereocenters. The molecule has 90 valence electrons. The molecule has 0 bridgehead atoms. The van der Waals surface area contributed by atoms with Gasteiger partial charge in [0.25, 0.3) is 0 Å². The number of halogens is 2. The van der Waals surface area contributed by atoms with Crippen LogP contribution in [-0.2, 0) is 12.8 Å². The van der Waals surface area contributed by atoms with E-state index in [4.69, 9.17) is 27.6 Å². The lowest BCUT2D eigenvalue weighted by Crippen LogP contribution is -1.89. The first-order chi connectivity index (χ1) is 8.29. The Morgan fingerprint density at radius 1 is 1.12 bits per heavy atom. The number of rotatable bonds is 5. The summed E-state index contributed by atoms with van der Waals surface area (Å²) in [5.74, 6) is 1.82. The first-order valence-corrected chi connectivity index (χ1v) is 6.31. The van der Waals surface area contributed by atoms with Gasteiger partial charge in [0.1, 0.15) is 0 Å². The quantitative estimate of drug-likeness (QED) is 0.781. The van der Waals surface area contributed by atoms with Gasteiger partial charge in [-0.05, 0) is 18.1 Å². The lowest BCUT2D eigenvalue weighted by Gasteiger charge is -1.99. The van der Waals surface area contributed by atoms with Crippen molar-refractivity contribution < 1.29 is 4.42 Å². The summed E-state index contributed by atoms with van der Waals surface area (Å²) in [5.41, 5.74) is 0.988. The van der Waals surface area contributed by atoms with Gasteiger partial charge < -0.3 is 4.42 Å². The van der Waals surface area contributed by atoms with Crippen molar-refractivity contribution in [2.75, 3.05) is 5.88 Å². The summed E-state index contributed by atoms with van der Waals surface area (Å²) < 4.78 is 5.51. The van der Waals surface area contributed by atoms with Crippen molar-refractivity contribution in [2.45, 2.75) is 19.3 Å². The molecule has 1 aromatic heterocycles. The van der Waals surface area contributed by atoms with Crippen molar-refractivity contribution in [3.05, 3.63) is 46.6 Å². The molecule has 0 saturated heterocycles. The Morgan fingerprint density at radius 2 is 1.88 bits per heavy atom. The molecule has 0 saturated carbocycles. The van der Waals surface area contributed by atoms with Gasteiger partial charge in [0.15, 0.2) is 0 Å². The lowest BCUT2D eigenvalue weighted by atomic mass is 10.1. The predicted molar refractivity (Wildman–Crippen MR) is 67.6 cm³/mol. The van der Waals surface area contributed by atoms with Gasteiger partial charge in [0.2, 0.25) is 11.8 Å². The summed E-state index contributed by atoms with van der Waals surface area (Å²) in [6.45, 7) is 0. The van der Waals surface area contributed by atoms with Gasteiger partial charge in [0, 0.05) is 17.3 Å². The molecule has 3 nitrogen and oxygen atoms in total. The van der Waals surface area contributed by atoms with E-state index in [1.807, 2.05) is 24.3 Å². The van der Waals surface area contributed by atoms with Crippen molar-refractivity contribution in [3.63, 3.8) is 0 Å². The second-order valence-electron chi connectivity index (χ2n) is 3.65. The molecule has 0 N–H and O–H groups in total. The van der Waals surface area contributed by atoms with E-state index >= 15 is 0 Å². The second-order valence-corrected chi connectivity index (χ2v) is 4.44. The maximum Gasteiger partial charge on any atom is 0.220 e. The highest BCUT2D eigenvalue weighted by atomic mass is 35.5. The normalized spacial score (nSPS) is 10.7. The van der Waals surface area contributed by atoms with Gasteiger partial charge in [-0.2, -0.15) is 0 Å². The Labute approximate surface area is 110 Å². The Morgan fingerprint density at radius 3 is 2.65 bits per heavy atom. The van der Waals surface area contributed by atoms with Crippen LogP contribution in [0.3, 0.4) is 0 Å². The maximum atomic E-state index is 6.06. The first kappa shape index (κ1) is 12.4. The molecule has 0 amide bonds. The third-order valence-corrected chi connectivity index (χ3v) is 2.97. The van der Waals surface area contributed by atoms with Crippen LogP contribution in [0.15, 0.2) is 28.7 Å². The van der Waals surface area contributed by atoms with Crippen LogP contribution >= 0.6 is 23.2 Å². The minimum atomic E-state index is 0.563. The molecule has 0 spiro atoms. The molecule has 0 unspecified atom stereocenters. The third kappa shape index (κ3) is 3.45. The molecule has 0 aliphatic rings. The van der Waals surface area contributed by atoms with E-state index in [-0.39, 0.29) is 0 Å². The Hall–Kier alpha value is -1.06. The van der Waals surface area contributed by atoms with E-state index in [1.165, 1.54) is 0 Å². The van der Waals surface area contributed by atoms with Crippen LogP contribution in [-0.4, -0.2) is 16.1 Å². The van der Waals surface area contributed by atoms with Crippen molar-refractivity contribution in [2.24, 2.45) is 0 Å². The SMILES string of the molecule is ClCCCc1nnc(Cc2ccccc2Cl)o1. The van der Waals surface area contributed by atoms with Crippen molar-refractivity contribution in [1.82, 2.24) is 10.2 Å². The molecular weight excluding hydrogens is 259 g/mol. The van der Waals surface area contributed by atoms with Crippen LogP contribution in [0, 0.1) is 0 Å². The Kier molecular flexibility index (Phi) is 4.40. The molecule has 1 aromatic carbocycles. The highest BCUT2D eigenvalue weighted by Gasteiger charge is 2.08. The van der Waals surface area contributed by atoms with Crippen molar-refractivity contribution in [3.8, 4) is 0 Å². The summed E-state index contributed by atoms with van der Waals surface area (Å²) in [6, 6.07) is 7.63. The average Bonchev–Trinajstić information content (AvgIpc) is 2.77. The number of benzene rings is 1. The fourth-order valence-corrected chi connectivity index (χ4v) is 1.82. The van der Waals surface area contributed by atoms with Gasteiger partial charge in [0.05, 0.1) is 6.42 Å². The minimum absolute atomic E-state index is 0.563. The average molecular weight is 271 g/mol. The number of hydrogen-bond donors (Lipinski definition) is 0. The van der Waals surface area contributed by atoms with E-state index in [0.29, 0.717) is 29.1 Å². The lowest BCUT2D eigenvalue weighted by molar-refractivity contribution is 0.455. The number of aromatic nitrogens is 2. The molecule has 0 radical (unpaired) electrons. The molecule has 0 aliphatic carbocycles. The van der Waals surface area contributed by atoms with Gasteiger partial charge in [-0.3, -0.25) is 0 Å². The molecule has 5 heteroatoms. The largest absolute Gasteiger partial charge is 0.425 e. The predicted octanol–water partition coefficient (Wildman–Crippen LogP) is 3.49. The smallest absolute Gasteiger partial charge is 0.220 e. The van der Waals surface area contributed by atoms with Gasteiger partial charge >= 0.3 is 0 Å². The van der Waals surface area contributed by atoms with E-state index in [1.54, 1.807) is 0 Å². The first-order valence-electron chi connectivity index (χ1n) is 5.40. The molecule has 2 rings (SSSR count). The summed E-state index contributed by atoms with van der Waals surface area (Å²) in [7, 11) is 0. The maximum absolute atomic E-state index is 6.06. The van der Waals surface area contributed by atoms with Crippen molar-refractivity contribution >= 4 is 23.2 Å². The summed E-state index contributed by atoms with van der Waals surface area (Å²) in [6.07, 6.45) is 2.13. The molecule has 17 heavy (non-hydrogen) atoms. The Balaban J connectivity index is 2.04. The van der Waals surface area contributed by atoms with E-state index in [9.17, 15) is 0 Å². The van der Waals surface area contributed by atoms with Crippen LogP contribution in [0.1, 0.15) is 23.8 Å². The van der Waals surface area contributed by atoms with Crippen LogP contribution < -0.4 is 0 Å². The molecule has 1 heterocycles. The highest BCUT2D eigenvalue weighted by Crippen LogP contribution is 2.18. The number of hydrogen-bond acceptors (Lipinski definition) is 3. The molecule has 0 aliphatic heterocycles. The topological polar surface area (TPSA) is 38.9 Å². The zero-order valence-corrected chi connectivity index (χ0v) is 10.7. The summed E-state index contributed by atoms with van der Waals surface area (Å²) in [4.78, 5) is 0. The molecule has 0 fully saturated rings. The highest BCUT2D eigenvalue weighted by molar-refractivity contribution is 6.31. The van der Waals surface area contributed by atoms with E-state index in [0.717, 1.165) is 18.4 Å². The monoisotopic (exact) mass is 270 g/mol. The van der Waals surface area contributed by atoms with Gasteiger partial charge in [-0.15, -0.1) is 21.8 Å². The summed E-state index contributed by atoms with van der Waals surface area (Å²) >= 11 is 11.7. The zero-order chi connectivity index (χ0) is 12.1. The van der Waals surface area contributed by atoms with Gasteiger partial charge in [-0.1, -0.05) is 29.8 Å². The zero-order valence-electron chi connectivity index (χ0n) is 9.20. The second kappa shape index (κ2) is 6.03. The Bertz CT molecular complexity index is 485. The van der Waals surface area contributed by atoms with Crippen LogP contribution in [0.4, 0.5) is 0 Å². The minimum Gasteiger partial charge on any atom is -0.425 e. The number of nitrogens with zero attached hydrogens (tertiary/aromatic N) is 2. The summed E-state index contributed by atoms with van der Waals surface area (Å²) in [5, 5.41) is 8.66. The van der Waals surface area contributed by atoms with Crippen molar-refractivity contribution in [1.29, 1.82) is 0 Å². The van der Waals surface area contributed by atoms with Crippen LogP contribution in [0.5, 0.6) is 0 Å². The third-order valence-electron chi connectivity index (χ3n) is 2.33. The van der Waals surface area contributed by atoms with Gasteiger partial charge in [-0.25, -0.2) is 0 Å². The number of aryl methyl sites for hydroxylation is 1.